The molecular weight excluding hydrogens is 241 g/mol. The monoisotopic (exact) mass is 243 g/mol. The molecule has 0 aliphatic carbocycles. The standard InChI is InChI=1S/Co.2Li.2Mn.Ni.2H. The van der Waals surface area contributed by atoms with Crippen molar-refractivity contribution in [1.29, 1.82) is 0 Å². The first-order chi connectivity index (χ1) is 0. The molecule has 0 heterocycles. The molecule has 0 aliphatic heterocycles. The predicted molar refractivity (Wildman–Crippen MR) is 14.3 cm³/mol. The van der Waals surface area contributed by atoms with E-state index in [-0.39, 0.29) is 105 Å². The molecule has 0 saturated heterocycles. The van der Waals surface area contributed by atoms with Gasteiger partial charge in [-0.2, -0.15) is 0 Å². The van der Waals surface area contributed by atoms with Gasteiger partial charge in [-0.25, -0.2) is 0 Å². The summed E-state index contributed by atoms with van der Waals surface area (Å²) in [6.07, 6.45) is 0. The van der Waals surface area contributed by atoms with Gasteiger partial charge in [0.15, 0.2) is 0 Å². The van der Waals surface area contributed by atoms with Crippen molar-refractivity contribution >= 4 is 37.7 Å². The average Bonchev–Trinajstić information content (AvgIpc) is 0. The number of hydrogen-bond acceptors (Lipinski definition) is 0. The van der Waals surface area contributed by atoms with E-state index in [0.717, 1.165) is 0 Å². The van der Waals surface area contributed by atoms with Gasteiger partial charge in [-0.1, -0.05) is 0 Å². The van der Waals surface area contributed by atoms with E-state index in [9.17, 15) is 0 Å². The summed E-state index contributed by atoms with van der Waals surface area (Å²) in [5, 5.41) is 0. The van der Waals surface area contributed by atoms with Crippen molar-refractivity contribution < 1.29 is 67.4 Å². The molecular formula is H2CoLi2Mn2Ni. The molecule has 0 saturated carbocycles. The molecule has 0 aromatic carbocycles. The van der Waals surface area contributed by atoms with Crippen LogP contribution in [0.15, 0.2) is 0 Å². The van der Waals surface area contributed by atoms with Crippen LogP contribution in [-0.2, 0) is 67.4 Å². The fraction of sp³-hybridized carbons (Fsp3) is 0. The summed E-state index contributed by atoms with van der Waals surface area (Å²) in [6.45, 7) is 0. The van der Waals surface area contributed by atoms with Gasteiger partial charge in [0.25, 0.3) is 0 Å². The Morgan fingerprint density at radius 2 is 0.667 bits per heavy atom. The van der Waals surface area contributed by atoms with Crippen LogP contribution in [0.5, 0.6) is 0 Å². The summed E-state index contributed by atoms with van der Waals surface area (Å²) < 4.78 is 0. The Morgan fingerprint density at radius 1 is 0.667 bits per heavy atom. The third kappa shape index (κ3) is 26.9. The first kappa shape index (κ1) is 59.9. The predicted octanol–water partition coefficient (Wildman–Crippen LogP) is -1.31. The molecule has 0 amide bonds. The Balaban J connectivity index is 0. The van der Waals surface area contributed by atoms with Gasteiger partial charge in [-0.05, 0) is 0 Å². The van der Waals surface area contributed by atoms with Gasteiger partial charge >= 0.3 is 37.7 Å². The van der Waals surface area contributed by atoms with Crippen LogP contribution in [-0.4, -0.2) is 37.7 Å². The van der Waals surface area contributed by atoms with Gasteiger partial charge in [-0.3, -0.25) is 0 Å². The molecule has 0 spiro atoms. The molecule has 0 bridgehead atoms. The molecule has 0 rings (SSSR count). The molecule has 3 radical (unpaired) electrons. The third-order valence-corrected chi connectivity index (χ3v) is 0. The summed E-state index contributed by atoms with van der Waals surface area (Å²) in [7, 11) is 0. The Kier molecular flexibility index (Phi) is 411. The zero-order valence-electron chi connectivity index (χ0n) is 1.41. The van der Waals surface area contributed by atoms with E-state index in [1.54, 1.807) is 0 Å². The largest absolute Gasteiger partial charge is 0 e. The molecule has 0 aromatic rings. The molecule has 0 N–H and O–H groups in total. The zero-order valence-corrected chi connectivity index (χ0v) is 5.79. The van der Waals surface area contributed by atoms with Crippen molar-refractivity contribution in [2.24, 2.45) is 0 Å². The van der Waals surface area contributed by atoms with E-state index in [1.165, 1.54) is 0 Å². The normalized spacial score (nSPS) is 0. The number of rotatable bonds is 0. The van der Waals surface area contributed by atoms with Crippen LogP contribution in [0, 0.1) is 0 Å². The maximum absolute atomic E-state index is 0. The van der Waals surface area contributed by atoms with Gasteiger partial charge in [0, 0.05) is 67.4 Å². The average molecular weight is 243 g/mol. The summed E-state index contributed by atoms with van der Waals surface area (Å²) >= 11 is 0. The molecule has 0 nitrogen and oxygen atoms in total. The summed E-state index contributed by atoms with van der Waals surface area (Å²) in [5.74, 6) is 0. The third-order valence-electron chi connectivity index (χ3n) is 0. The second-order valence-corrected chi connectivity index (χ2v) is 0. The van der Waals surface area contributed by atoms with Crippen LogP contribution < -0.4 is 0 Å². The fourth-order valence-electron chi connectivity index (χ4n) is 0. The molecule has 0 unspecified atom stereocenters. The minimum Gasteiger partial charge on any atom is 0 e. The molecule has 6 heavy (non-hydrogen) atoms. The topological polar surface area (TPSA) is 0 Å². The Hall–Kier alpha value is 3.23. The van der Waals surface area contributed by atoms with E-state index in [4.69, 9.17) is 0 Å². The van der Waals surface area contributed by atoms with Crippen molar-refractivity contribution in [2.75, 3.05) is 0 Å². The summed E-state index contributed by atoms with van der Waals surface area (Å²) in [5.41, 5.74) is 0. The molecule has 0 aromatic heterocycles. The van der Waals surface area contributed by atoms with Crippen molar-refractivity contribution in [3.8, 4) is 0 Å². The van der Waals surface area contributed by atoms with Gasteiger partial charge in [0.1, 0.15) is 0 Å². The minimum atomic E-state index is 0. The van der Waals surface area contributed by atoms with E-state index in [0.29, 0.717) is 0 Å². The van der Waals surface area contributed by atoms with Gasteiger partial charge in [0.05, 0.1) is 0 Å². The van der Waals surface area contributed by atoms with Crippen LogP contribution in [0.2, 0.25) is 0 Å². The minimum absolute atomic E-state index is 0. The van der Waals surface area contributed by atoms with E-state index < -0.39 is 0 Å². The first-order valence-electron chi connectivity index (χ1n) is 0. The Bertz CT molecular complexity index is 11.5. The van der Waals surface area contributed by atoms with Crippen molar-refractivity contribution in [3.63, 3.8) is 0 Å². The van der Waals surface area contributed by atoms with Crippen LogP contribution >= 0.6 is 0 Å². The molecule has 37 valence electrons. The molecule has 6 heteroatoms. The van der Waals surface area contributed by atoms with Crippen molar-refractivity contribution in [1.82, 2.24) is 0 Å². The Morgan fingerprint density at radius 3 is 0.667 bits per heavy atom. The summed E-state index contributed by atoms with van der Waals surface area (Å²) in [4.78, 5) is 0. The fourth-order valence-corrected chi connectivity index (χ4v) is 0. The van der Waals surface area contributed by atoms with Gasteiger partial charge < -0.3 is 0 Å². The van der Waals surface area contributed by atoms with E-state index in [1.807, 2.05) is 0 Å². The van der Waals surface area contributed by atoms with Crippen LogP contribution in [0.3, 0.4) is 0 Å². The van der Waals surface area contributed by atoms with E-state index >= 15 is 0 Å². The second-order valence-electron chi connectivity index (χ2n) is 0. The SMILES string of the molecule is [Co].[LiH].[LiH].[Mn].[Mn].[Ni]. The first-order valence-corrected chi connectivity index (χ1v) is 0. The second kappa shape index (κ2) is 41.2. The molecule has 0 aliphatic rings. The maximum atomic E-state index is 0. The van der Waals surface area contributed by atoms with Gasteiger partial charge in [-0.15, -0.1) is 0 Å². The van der Waals surface area contributed by atoms with E-state index in [2.05, 4.69) is 0 Å². The van der Waals surface area contributed by atoms with Crippen LogP contribution in [0.25, 0.3) is 0 Å². The van der Waals surface area contributed by atoms with Crippen LogP contribution in [0.4, 0.5) is 0 Å². The van der Waals surface area contributed by atoms with Crippen molar-refractivity contribution in [3.05, 3.63) is 0 Å². The van der Waals surface area contributed by atoms with Crippen LogP contribution in [0.1, 0.15) is 0 Å². The smallest absolute Gasteiger partial charge is 0 e. The zero-order chi connectivity index (χ0) is 0. The maximum Gasteiger partial charge on any atom is 0 e. The summed E-state index contributed by atoms with van der Waals surface area (Å²) in [6, 6.07) is 0. The molecule has 0 fully saturated rings. The Labute approximate surface area is 104 Å². The molecule has 0 atom stereocenters. The number of hydrogen-bond donors (Lipinski definition) is 0. The van der Waals surface area contributed by atoms with Crippen molar-refractivity contribution in [2.45, 2.75) is 0 Å². The van der Waals surface area contributed by atoms with Gasteiger partial charge in [0.2, 0.25) is 0 Å². The quantitative estimate of drug-likeness (QED) is 0.464.